The van der Waals surface area contributed by atoms with Crippen LogP contribution in [-0.2, 0) is 0 Å². The van der Waals surface area contributed by atoms with E-state index in [4.69, 9.17) is 11.6 Å². The van der Waals surface area contributed by atoms with Gasteiger partial charge >= 0.3 is 0 Å². The molecule has 0 aromatic heterocycles. The first-order valence-corrected chi connectivity index (χ1v) is 6.88. The highest BCUT2D eigenvalue weighted by molar-refractivity contribution is 6.30. The second kappa shape index (κ2) is 5.74. The molecule has 2 nitrogen and oxygen atoms in total. The molecule has 0 bridgehead atoms. The molecule has 2 atom stereocenters. The van der Waals surface area contributed by atoms with Crippen molar-refractivity contribution >= 4 is 17.3 Å². The number of nitrogens with one attached hydrogen (secondary N) is 1. The van der Waals surface area contributed by atoms with E-state index in [0.717, 1.165) is 18.1 Å². The van der Waals surface area contributed by atoms with Crippen LogP contribution in [0.1, 0.15) is 26.7 Å². The van der Waals surface area contributed by atoms with Gasteiger partial charge in [-0.15, -0.1) is 0 Å². The van der Waals surface area contributed by atoms with Gasteiger partial charge in [-0.25, -0.2) is 0 Å². The molecule has 1 N–H and O–H groups in total. The first-order chi connectivity index (χ1) is 8.24. The molecule has 17 heavy (non-hydrogen) atoms. The lowest BCUT2D eigenvalue weighted by atomic mass is 10.0. The summed E-state index contributed by atoms with van der Waals surface area (Å²) in [6.45, 7) is 6.67. The zero-order chi connectivity index (χ0) is 12.3. The quantitative estimate of drug-likeness (QED) is 0.888. The van der Waals surface area contributed by atoms with E-state index in [0.29, 0.717) is 12.1 Å². The van der Waals surface area contributed by atoms with Crippen LogP contribution in [-0.4, -0.2) is 25.2 Å². The third kappa shape index (κ3) is 2.93. The number of halogens is 1. The number of hydrogen-bond donors (Lipinski definition) is 1. The van der Waals surface area contributed by atoms with E-state index in [1.54, 1.807) is 0 Å². The third-order valence-corrected chi connectivity index (χ3v) is 3.87. The van der Waals surface area contributed by atoms with Crippen molar-refractivity contribution in [3.63, 3.8) is 0 Å². The standard InChI is InChI=1S/C14H21ClN2/c1-3-12-10-17(13(4-2)9-16-12)14-7-5-11(15)6-8-14/h5-8,12-13,16H,3-4,9-10H2,1-2H3. The van der Waals surface area contributed by atoms with Crippen LogP contribution in [0.5, 0.6) is 0 Å². The molecular weight excluding hydrogens is 232 g/mol. The number of piperazine rings is 1. The number of nitrogens with zero attached hydrogens (tertiary/aromatic N) is 1. The second-order valence-electron chi connectivity index (χ2n) is 4.70. The summed E-state index contributed by atoms with van der Waals surface area (Å²) < 4.78 is 0. The Morgan fingerprint density at radius 2 is 1.94 bits per heavy atom. The summed E-state index contributed by atoms with van der Waals surface area (Å²) >= 11 is 5.95. The van der Waals surface area contributed by atoms with Crippen LogP contribution in [0.3, 0.4) is 0 Å². The molecule has 1 saturated heterocycles. The molecule has 1 fully saturated rings. The summed E-state index contributed by atoms with van der Waals surface area (Å²) in [5, 5.41) is 4.42. The summed E-state index contributed by atoms with van der Waals surface area (Å²) in [5.41, 5.74) is 1.29. The predicted octanol–water partition coefficient (Wildman–Crippen LogP) is 3.31. The molecule has 1 aromatic carbocycles. The number of hydrogen-bond acceptors (Lipinski definition) is 2. The van der Waals surface area contributed by atoms with Gasteiger partial charge in [0.1, 0.15) is 0 Å². The number of benzene rings is 1. The SMILES string of the molecule is CCC1CN(c2ccc(Cl)cc2)C(CC)CN1. The second-order valence-corrected chi connectivity index (χ2v) is 5.14. The van der Waals surface area contributed by atoms with Gasteiger partial charge in [0.05, 0.1) is 0 Å². The van der Waals surface area contributed by atoms with Crippen LogP contribution in [0.4, 0.5) is 5.69 Å². The van der Waals surface area contributed by atoms with Crippen LogP contribution in [0.25, 0.3) is 0 Å². The molecule has 0 radical (unpaired) electrons. The number of anilines is 1. The van der Waals surface area contributed by atoms with Crippen LogP contribution in [0, 0.1) is 0 Å². The van der Waals surface area contributed by atoms with E-state index < -0.39 is 0 Å². The Morgan fingerprint density at radius 3 is 2.53 bits per heavy atom. The van der Waals surface area contributed by atoms with E-state index in [1.165, 1.54) is 18.5 Å². The fourth-order valence-corrected chi connectivity index (χ4v) is 2.58. The Hall–Kier alpha value is -0.730. The number of rotatable bonds is 3. The summed E-state index contributed by atoms with van der Waals surface area (Å²) in [7, 11) is 0. The van der Waals surface area contributed by atoms with Crippen molar-refractivity contribution in [2.75, 3.05) is 18.0 Å². The Bertz CT molecular complexity index is 350. The molecule has 0 amide bonds. The smallest absolute Gasteiger partial charge is 0.0412 e. The monoisotopic (exact) mass is 252 g/mol. The van der Waals surface area contributed by atoms with Gasteiger partial charge in [0.25, 0.3) is 0 Å². The van der Waals surface area contributed by atoms with Crippen molar-refractivity contribution in [1.29, 1.82) is 0 Å². The van der Waals surface area contributed by atoms with Gasteiger partial charge in [-0.1, -0.05) is 25.4 Å². The van der Waals surface area contributed by atoms with E-state index in [1.807, 2.05) is 12.1 Å². The molecule has 0 spiro atoms. The van der Waals surface area contributed by atoms with Crippen LogP contribution >= 0.6 is 11.6 Å². The molecule has 94 valence electrons. The molecule has 0 aliphatic carbocycles. The van der Waals surface area contributed by atoms with E-state index in [-0.39, 0.29) is 0 Å². The van der Waals surface area contributed by atoms with E-state index >= 15 is 0 Å². The normalized spacial score (nSPS) is 25.0. The van der Waals surface area contributed by atoms with Crippen molar-refractivity contribution in [2.24, 2.45) is 0 Å². The Labute approximate surface area is 109 Å². The lowest BCUT2D eigenvalue weighted by Gasteiger charge is -2.41. The van der Waals surface area contributed by atoms with Crippen molar-refractivity contribution in [1.82, 2.24) is 5.32 Å². The summed E-state index contributed by atoms with van der Waals surface area (Å²) in [5.74, 6) is 0. The minimum absolute atomic E-state index is 0.596. The fourth-order valence-electron chi connectivity index (χ4n) is 2.45. The van der Waals surface area contributed by atoms with Crippen molar-refractivity contribution in [3.05, 3.63) is 29.3 Å². The highest BCUT2D eigenvalue weighted by Gasteiger charge is 2.25. The molecule has 1 aromatic rings. The molecule has 1 heterocycles. The van der Waals surface area contributed by atoms with Crippen molar-refractivity contribution in [3.8, 4) is 0 Å². The Kier molecular flexibility index (Phi) is 4.30. The van der Waals surface area contributed by atoms with Crippen LogP contribution in [0.2, 0.25) is 5.02 Å². The summed E-state index contributed by atoms with van der Waals surface area (Å²) in [6, 6.07) is 9.41. The maximum absolute atomic E-state index is 5.95. The van der Waals surface area contributed by atoms with Gasteiger partial charge < -0.3 is 10.2 Å². The summed E-state index contributed by atoms with van der Waals surface area (Å²) in [6.07, 6.45) is 2.35. The fraction of sp³-hybridized carbons (Fsp3) is 0.571. The largest absolute Gasteiger partial charge is 0.366 e. The Balaban J connectivity index is 2.17. The van der Waals surface area contributed by atoms with Gasteiger partial charge in [0, 0.05) is 35.9 Å². The predicted molar refractivity (Wildman–Crippen MR) is 75.0 cm³/mol. The molecule has 2 rings (SSSR count). The van der Waals surface area contributed by atoms with Crippen molar-refractivity contribution in [2.45, 2.75) is 38.8 Å². The third-order valence-electron chi connectivity index (χ3n) is 3.62. The minimum Gasteiger partial charge on any atom is -0.366 e. The Morgan fingerprint density at radius 1 is 1.24 bits per heavy atom. The molecular formula is C14H21ClN2. The molecule has 0 saturated carbocycles. The van der Waals surface area contributed by atoms with Crippen LogP contribution in [0.15, 0.2) is 24.3 Å². The maximum atomic E-state index is 5.95. The molecule has 1 aliphatic rings. The highest BCUT2D eigenvalue weighted by atomic mass is 35.5. The zero-order valence-corrected chi connectivity index (χ0v) is 11.4. The van der Waals surface area contributed by atoms with Gasteiger partial charge in [-0.3, -0.25) is 0 Å². The van der Waals surface area contributed by atoms with E-state index in [9.17, 15) is 0 Å². The first kappa shape index (κ1) is 12.7. The topological polar surface area (TPSA) is 15.3 Å². The highest BCUT2D eigenvalue weighted by Crippen LogP contribution is 2.23. The molecule has 1 aliphatic heterocycles. The van der Waals surface area contributed by atoms with Gasteiger partial charge in [0.15, 0.2) is 0 Å². The molecule has 3 heteroatoms. The lowest BCUT2D eigenvalue weighted by Crippen LogP contribution is -2.56. The summed E-state index contributed by atoms with van der Waals surface area (Å²) in [4.78, 5) is 2.51. The van der Waals surface area contributed by atoms with E-state index in [2.05, 4.69) is 36.2 Å². The zero-order valence-electron chi connectivity index (χ0n) is 10.6. The average molecular weight is 253 g/mol. The molecule has 2 unspecified atom stereocenters. The lowest BCUT2D eigenvalue weighted by molar-refractivity contribution is 0.379. The van der Waals surface area contributed by atoms with Gasteiger partial charge in [0.2, 0.25) is 0 Å². The van der Waals surface area contributed by atoms with Crippen LogP contribution < -0.4 is 10.2 Å². The maximum Gasteiger partial charge on any atom is 0.0412 e. The average Bonchev–Trinajstić information content (AvgIpc) is 2.39. The van der Waals surface area contributed by atoms with Gasteiger partial charge in [-0.05, 0) is 37.1 Å². The van der Waals surface area contributed by atoms with Crippen molar-refractivity contribution < 1.29 is 0 Å². The first-order valence-electron chi connectivity index (χ1n) is 6.50. The van der Waals surface area contributed by atoms with Gasteiger partial charge in [-0.2, -0.15) is 0 Å². The minimum atomic E-state index is 0.596.